The Morgan fingerprint density at radius 2 is 0.727 bits per heavy atom. The van der Waals surface area contributed by atoms with Crippen molar-refractivity contribution in [1.29, 1.82) is 0 Å². The van der Waals surface area contributed by atoms with E-state index in [-0.39, 0.29) is 22.8 Å². The van der Waals surface area contributed by atoms with Crippen molar-refractivity contribution in [3.05, 3.63) is 0 Å². The van der Waals surface area contributed by atoms with E-state index in [9.17, 15) is 17.3 Å². The Balaban J connectivity index is 3.14. The van der Waals surface area contributed by atoms with E-state index < -0.39 is 14.2 Å². The molecule has 0 saturated heterocycles. The van der Waals surface area contributed by atoms with Crippen molar-refractivity contribution in [2.75, 3.05) is 0 Å². The van der Waals surface area contributed by atoms with E-state index >= 15 is 0 Å². The van der Waals surface area contributed by atoms with Crippen molar-refractivity contribution >= 4 is 37.1 Å². The second-order valence-electron chi connectivity index (χ2n) is 4.20. The Labute approximate surface area is 122 Å². The lowest BCUT2D eigenvalue weighted by Gasteiger charge is -2.23. The molecule has 0 atom stereocenters. The zero-order valence-electron chi connectivity index (χ0n) is 12.1. The third-order valence-corrected chi connectivity index (χ3v) is 2.30. The van der Waals surface area contributed by atoms with Gasteiger partial charge in [-0.15, -0.1) is 20.6 Å². The molecule has 0 aromatic carbocycles. The minimum absolute atomic E-state index is 0.241. The molecule has 0 radical (unpaired) electrons. The molecule has 0 bridgehead atoms. The summed E-state index contributed by atoms with van der Waals surface area (Å²) < 4.78 is 68.5. The molecule has 0 N–H and O–H groups in total. The molecule has 0 spiro atoms. The summed E-state index contributed by atoms with van der Waals surface area (Å²) in [6.45, 7) is 4.73. The zero-order chi connectivity index (χ0) is 17.0. The summed E-state index contributed by atoms with van der Waals surface area (Å²) in [7, 11) is -9.71. The lowest BCUT2D eigenvalue weighted by Crippen LogP contribution is -2.31. The largest absolute Gasteiger partial charge is 0.766 e. The van der Waals surface area contributed by atoms with Crippen LogP contribution in [0, 0.1) is 0 Å². The van der Waals surface area contributed by atoms with Gasteiger partial charge in [0.1, 0.15) is 0 Å². The van der Waals surface area contributed by atoms with Crippen LogP contribution in [0.15, 0.2) is 20.6 Å². The smallest absolute Gasteiger partial charge is 0.519 e. The summed E-state index contributed by atoms with van der Waals surface area (Å²) in [5, 5.41) is 12.1. The Morgan fingerprint density at radius 1 is 0.545 bits per heavy atom. The average Bonchev–Trinajstić information content (AvgIpc) is 2.45. The first-order valence-corrected chi connectivity index (χ1v) is 5.94. The predicted molar refractivity (Wildman–Crippen MR) is 72.7 cm³/mol. The second-order valence-corrected chi connectivity index (χ2v) is 4.20. The van der Waals surface area contributed by atoms with E-state index in [4.69, 9.17) is 0 Å². The van der Waals surface area contributed by atoms with Gasteiger partial charge in [-0.1, -0.05) is 0 Å². The molecule has 0 aliphatic carbocycles. The Bertz CT molecular complexity index is 460. The summed E-state index contributed by atoms with van der Waals surface area (Å²) in [5.41, 5.74) is -0.966. The Kier molecular flexibility index (Phi) is 5.38. The lowest BCUT2D eigenvalue weighted by molar-refractivity contribution is 0.0899. The normalized spacial score (nSPS) is 31.6. The molecule has 1 rings (SSSR count). The molecule has 0 aromatic heterocycles. The van der Waals surface area contributed by atoms with E-state index in [2.05, 4.69) is 39.6 Å². The molecular formula is C8H12B2F4N4O4-2. The van der Waals surface area contributed by atoms with E-state index in [1.54, 1.807) is 0 Å². The predicted octanol–water partition coefficient (Wildman–Crippen LogP) is 2.32. The third-order valence-electron chi connectivity index (χ3n) is 2.30. The average molecular weight is 326 g/mol. The van der Waals surface area contributed by atoms with E-state index in [0.717, 1.165) is 0 Å². The van der Waals surface area contributed by atoms with Crippen molar-refractivity contribution < 1.29 is 36.3 Å². The molecule has 0 aromatic rings. The van der Waals surface area contributed by atoms with Gasteiger partial charge in [-0.05, 0) is 27.7 Å². The van der Waals surface area contributed by atoms with Crippen molar-refractivity contribution in [2.24, 2.45) is 20.6 Å². The van der Waals surface area contributed by atoms with Crippen molar-refractivity contribution in [3.63, 3.8) is 0 Å². The van der Waals surface area contributed by atoms with E-state index in [0.29, 0.717) is 0 Å². The molecule has 8 nitrogen and oxygen atoms in total. The second kappa shape index (κ2) is 6.66. The van der Waals surface area contributed by atoms with Gasteiger partial charge >= 0.3 is 14.2 Å². The van der Waals surface area contributed by atoms with Crippen LogP contribution in [0.2, 0.25) is 0 Å². The number of hydrogen-bond donors (Lipinski definition) is 0. The van der Waals surface area contributed by atoms with Gasteiger partial charge in [0, 0.05) is 0 Å². The van der Waals surface area contributed by atoms with Crippen LogP contribution >= 0.6 is 0 Å². The molecule has 1 aliphatic heterocycles. The maximum atomic E-state index is 13.2. The molecule has 0 amide bonds. The minimum atomic E-state index is -4.85. The van der Waals surface area contributed by atoms with Gasteiger partial charge in [0.05, 0.1) is 22.8 Å². The number of rotatable bonds is 0. The molecule has 0 unspecified atom stereocenters. The number of halogens is 4. The quantitative estimate of drug-likeness (QED) is 0.505. The Hall–Kier alpha value is -2.27. The van der Waals surface area contributed by atoms with Crippen LogP contribution in [0.4, 0.5) is 17.3 Å². The monoisotopic (exact) mass is 326 g/mol. The molecule has 1 heterocycles. The van der Waals surface area contributed by atoms with Crippen LogP contribution < -0.4 is 0 Å². The van der Waals surface area contributed by atoms with Gasteiger partial charge in [-0.3, -0.25) is 0 Å². The fraction of sp³-hybridized carbons (Fsp3) is 0.500. The summed E-state index contributed by atoms with van der Waals surface area (Å²) in [6.07, 6.45) is 0. The van der Waals surface area contributed by atoms with Crippen LogP contribution in [-0.2, 0) is 19.0 Å². The first-order chi connectivity index (χ1) is 10.0. The maximum absolute atomic E-state index is 13.2. The van der Waals surface area contributed by atoms with Crippen molar-refractivity contribution in [1.82, 2.24) is 0 Å². The van der Waals surface area contributed by atoms with Crippen LogP contribution in [0.1, 0.15) is 27.7 Å². The third kappa shape index (κ3) is 5.61. The summed E-state index contributed by atoms with van der Waals surface area (Å²) in [5.74, 6) is 0. The fourth-order valence-corrected chi connectivity index (χ4v) is 0.864. The summed E-state index contributed by atoms with van der Waals surface area (Å²) >= 11 is 0. The SMILES string of the molecule is CC1=N/O[B-](F)(F)O/N=C(C)/C(C)=N\O[B-](F)(F)O\N=C\1C. The highest BCUT2D eigenvalue weighted by Gasteiger charge is 2.36. The van der Waals surface area contributed by atoms with Crippen molar-refractivity contribution in [3.8, 4) is 0 Å². The molecule has 1 aliphatic rings. The first-order valence-electron chi connectivity index (χ1n) is 5.94. The van der Waals surface area contributed by atoms with Gasteiger partial charge in [-0.2, -0.15) is 0 Å². The number of hydrogen-bond acceptors (Lipinski definition) is 8. The lowest BCUT2D eigenvalue weighted by atomic mass is 10.2. The molecule has 0 fully saturated rings. The van der Waals surface area contributed by atoms with Gasteiger partial charge in [-0.25, -0.2) is 0 Å². The van der Waals surface area contributed by atoms with Gasteiger partial charge in [0.15, 0.2) is 0 Å². The molecule has 14 heteroatoms. The topological polar surface area (TPSA) is 86.4 Å². The number of nitrogens with zero attached hydrogens (tertiary/aromatic N) is 4. The maximum Gasteiger partial charge on any atom is 0.766 e. The summed E-state index contributed by atoms with van der Waals surface area (Å²) in [6, 6.07) is 0. The number of oxime groups is 4. The van der Waals surface area contributed by atoms with Crippen LogP contribution in [0.3, 0.4) is 0 Å². The van der Waals surface area contributed by atoms with Crippen LogP contribution in [0.5, 0.6) is 0 Å². The van der Waals surface area contributed by atoms with Gasteiger partial charge < -0.3 is 36.3 Å². The van der Waals surface area contributed by atoms with Gasteiger partial charge in [0.25, 0.3) is 0 Å². The standard InChI is InChI=1S/C8H12B2F4N4O4/c1-5-6(2)16-20-10(13,14)22-18-8(4)7(3)17-21-9(11,12)19-15-5/h1-4H3/q-2/b15-5-,16-6+,17-7+,18-8-. The molecule has 22 heavy (non-hydrogen) atoms. The highest BCUT2D eigenvalue weighted by molar-refractivity contribution is 6.53. The highest BCUT2D eigenvalue weighted by atomic mass is 19.3. The molecule has 124 valence electrons. The zero-order valence-corrected chi connectivity index (χ0v) is 12.1. The van der Waals surface area contributed by atoms with Gasteiger partial charge in [0.2, 0.25) is 0 Å². The molecule has 0 saturated carbocycles. The fourth-order valence-electron chi connectivity index (χ4n) is 0.864. The highest BCUT2D eigenvalue weighted by Crippen LogP contribution is 2.15. The van der Waals surface area contributed by atoms with Crippen molar-refractivity contribution in [2.45, 2.75) is 27.7 Å². The minimum Gasteiger partial charge on any atom is -0.519 e. The summed E-state index contributed by atoms with van der Waals surface area (Å²) in [4.78, 5) is 0. The van der Waals surface area contributed by atoms with E-state index in [1.165, 1.54) is 27.7 Å². The molecular weight excluding hydrogens is 314 g/mol. The van der Waals surface area contributed by atoms with Crippen LogP contribution in [0.25, 0.3) is 0 Å². The van der Waals surface area contributed by atoms with Crippen LogP contribution in [-0.4, -0.2) is 37.1 Å². The first kappa shape index (κ1) is 17.8. The van der Waals surface area contributed by atoms with E-state index in [1.807, 2.05) is 0 Å². The Morgan fingerprint density at radius 3 is 0.909 bits per heavy atom.